The Kier molecular flexibility index (Phi) is 2.82. The van der Waals surface area contributed by atoms with Crippen LogP contribution < -0.4 is 15.2 Å². The van der Waals surface area contributed by atoms with E-state index in [1.165, 1.54) is 12.0 Å². The zero-order valence-electron chi connectivity index (χ0n) is 9.19. The molecular weight excluding hydrogens is 190 g/mol. The fraction of sp³-hybridized carbons (Fsp3) is 0.500. The van der Waals surface area contributed by atoms with Crippen molar-refractivity contribution < 1.29 is 9.47 Å². The minimum atomic E-state index is 0.556. The molecule has 1 fully saturated rings. The molecular formula is C12H17NO2. The van der Waals surface area contributed by atoms with Crippen LogP contribution in [0.4, 0.5) is 0 Å². The van der Waals surface area contributed by atoms with Gasteiger partial charge in [0.15, 0.2) is 11.5 Å². The van der Waals surface area contributed by atoms with Crippen LogP contribution in [-0.2, 0) is 0 Å². The van der Waals surface area contributed by atoms with Crippen LogP contribution in [0, 0.1) is 5.92 Å². The van der Waals surface area contributed by atoms with E-state index in [-0.39, 0.29) is 0 Å². The molecule has 1 saturated carbocycles. The molecule has 0 radical (unpaired) electrons. The second-order valence-corrected chi connectivity index (χ2v) is 3.92. The predicted octanol–water partition coefficient (Wildman–Crippen LogP) is 1.77. The van der Waals surface area contributed by atoms with Crippen LogP contribution in [0.25, 0.3) is 0 Å². The summed E-state index contributed by atoms with van der Waals surface area (Å²) in [5.74, 6) is 2.84. The van der Waals surface area contributed by atoms with Gasteiger partial charge in [-0.15, -0.1) is 0 Å². The van der Waals surface area contributed by atoms with Crippen molar-refractivity contribution in [2.24, 2.45) is 11.7 Å². The van der Waals surface area contributed by atoms with Crippen LogP contribution in [0.1, 0.15) is 17.9 Å². The molecule has 2 atom stereocenters. The zero-order valence-corrected chi connectivity index (χ0v) is 9.19. The molecule has 0 unspecified atom stereocenters. The van der Waals surface area contributed by atoms with Gasteiger partial charge in [0, 0.05) is 5.56 Å². The highest BCUT2D eigenvalue weighted by Crippen LogP contribution is 2.51. The Hall–Kier alpha value is -1.22. The summed E-state index contributed by atoms with van der Waals surface area (Å²) in [4.78, 5) is 0. The zero-order chi connectivity index (χ0) is 10.8. The van der Waals surface area contributed by atoms with E-state index in [4.69, 9.17) is 15.2 Å². The fourth-order valence-corrected chi connectivity index (χ4v) is 2.09. The Balaban J connectivity index is 2.31. The van der Waals surface area contributed by atoms with E-state index in [2.05, 4.69) is 6.07 Å². The largest absolute Gasteiger partial charge is 0.493 e. The van der Waals surface area contributed by atoms with Gasteiger partial charge in [0.2, 0.25) is 0 Å². The van der Waals surface area contributed by atoms with Gasteiger partial charge in [0.25, 0.3) is 0 Å². The second kappa shape index (κ2) is 4.11. The topological polar surface area (TPSA) is 44.5 Å². The van der Waals surface area contributed by atoms with Crippen molar-refractivity contribution in [2.45, 2.75) is 12.3 Å². The third-order valence-electron chi connectivity index (χ3n) is 3.06. The number of nitrogens with two attached hydrogens (primary N) is 1. The molecule has 2 rings (SSSR count). The summed E-state index contributed by atoms with van der Waals surface area (Å²) in [6, 6.07) is 6.02. The van der Waals surface area contributed by atoms with Gasteiger partial charge in [-0.2, -0.15) is 0 Å². The van der Waals surface area contributed by atoms with Gasteiger partial charge in [-0.1, -0.05) is 12.1 Å². The number of ether oxygens (including phenoxy) is 2. The number of para-hydroxylation sites is 1. The van der Waals surface area contributed by atoms with Crippen molar-refractivity contribution in [1.29, 1.82) is 0 Å². The maximum Gasteiger partial charge on any atom is 0.164 e. The van der Waals surface area contributed by atoms with Crippen molar-refractivity contribution in [1.82, 2.24) is 0 Å². The molecule has 0 aliphatic heterocycles. The molecule has 3 nitrogen and oxygen atoms in total. The highest BCUT2D eigenvalue weighted by atomic mass is 16.5. The molecule has 82 valence electrons. The number of methoxy groups -OCH3 is 2. The van der Waals surface area contributed by atoms with Crippen LogP contribution in [-0.4, -0.2) is 20.8 Å². The lowest BCUT2D eigenvalue weighted by atomic mass is 10.1. The minimum absolute atomic E-state index is 0.556. The third kappa shape index (κ3) is 1.79. The average Bonchev–Trinajstić information content (AvgIpc) is 3.07. The lowest BCUT2D eigenvalue weighted by Gasteiger charge is -2.12. The van der Waals surface area contributed by atoms with Crippen molar-refractivity contribution in [3.63, 3.8) is 0 Å². The van der Waals surface area contributed by atoms with Crippen LogP contribution >= 0.6 is 0 Å². The summed E-state index contributed by atoms with van der Waals surface area (Å²) in [7, 11) is 3.34. The summed E-state index contributed by atoms with van der Waals surface area (Å²) < 4.78 is 10.7. The highest BCUT2D eigenvalue weighted by molar-refractivity contribution is 5.50. The predicted molar refractivity (Wildman–Crippen MR) is 59.4 cm³/mol. The molecule has 1 aromatic carbocycles. The molecule has 1 aliphatic rings. The first-order chi connectivity index (χ1) is 7.31. The van der Waals surface area contributed by atoms with E-state index in [0.717, 1.165) is 18.0 Å². The van der Waals surface area contributed by atoms with E-state index in [9.17, 15) is 0 Å². The first-order valence-electron chi connectivity index (χ1n) is 5.22. The summed E-state index contributed by atoms with van der Waals surface area (Å²) in [5, 5.41) is 0. The minimum Gasteiger partial charge on any atom is -0.493 e. The van der Waals surface area contributed by atoms with Gasteiger partial charge >= 0.3 is 0 Å². The lowest BCUT2D eigenvalue weighted by Crippen LogP contribution is -2.03. The third-order valence-corrected chi connectivity index (χ3v) is 3.06. The van der Waals surface area contributed by atoms with Gasteiger partial charge < -0.3 is 15.2 Å². The smallest absolute Gasteiger partial charge is 0.164 e. The van der Waals surface area contributed by atoms with Crippen molar-refractivity contribution >= 4 is 0 Å². The molecule has 0 aromatic heterocycles. The van der Waals surface area contributed by atoms with Crippen LogP contribution in [0.15, 0.2) is 18.2 Å². The number of hydrogen-bond donors (Lipinski definition) is 1. The van der Waals surface area contributed by atoms with Gasteiger partial charge in [0.1, 0.15) is 0 Å². The molecule has 1 aliphatic carbocycles. The van der Waals surface area contributed by atoms with E-state index in [0.29, 0.717) is 11.8 Å². The average molecular weight is 207 g/mol. The van der Waals surface area contributed by atoms with Crippen LogP contribution in [0.3, 0.4) is 0 Å². The number of hydrogen-bond acceptors (Lipinski definition) is 3. The monoisotopic (exact) mass is 207 g/mol. The van der Waals surface area contributed by atoms with Crippen molar-refractivity contribution in [3.05, 3.63) is 23.8 Å². The van der Waals surface area contributed by atoms with Gasteiger partial charge in [0.05, 0.1) is 14.2 Å². The molecule has 0 saturated heterocycles. The van der Waals surface area contributed by atoms with Gasteiger partial charge in [-0.25, -0.2) is 0 Å². The highest BCUT2D eigenvalue weighted by Gasteiger charge is 2.39. The fourth-order valence-electron chi connectivity index (χ4n) is 2.09. The standard InChI is InChI=1S/C12H17NO2/c1-14-11-5-3-4-9(12(11)15-2)10-6-8(10)7-13/h3-5,8,10H,6-7,13H2,1-2H3/t8-,10-/m0/s1. The SMILES string of the molecule is COc1cccc([C@H]2C[C@H]2CN)c1OC. The Bertz CT molecular complexity index is 351. The Morgan fingerprint density at radius 2 is 2.13 bits per heavy atom. The first-order valence-corrected chi connectivity index (χ1v) is 5.22. The number of benzene rings is 1. The van der Waals surface area contributed by atoms with E-state index in [1.807, 2.05) is 12.1 Å². The lowest BCUT2D eigenvalue weighted by molar-refractivity contribution is 0.351. The van der Waals surface area contributed by atoms with Crippen molar-refractivity contribution in [3.8, 4) is 11.5 Å². The summed E-state index contributed by atoms with van der Waals surface area (Å²) >= 11 is 0. The second-order valence-electron chi connectivity index (χ2n) is 3.92. The normalized spacial score (nSPS) is 23.7. The maximum absolute atomic E-state index is 5.65. The van der Waals surface area contributed by atoms with E-state index < -0.39 is 0 Å². The summed E-state index contributed by atoms with van der Waals surface area (Å²) in [6.07, 6.45) is 1.17. The quantitative estimate of drug-likeness (QED) is 0.818. The van der Waals surface area contributed by atoms with Crippen LogP contribution in [0.5, 0.6) is 11.5 Å². The van der Waals surface area contributed by atoms with Gasteiger partial charge in [-0.3, -0.25) is 0 Å². The Labute approximate surface area is 90.2 Å². The van der Waals surface area contributed by atoms with Crippen molar-refractivity contribution in [2.75, 3.05) is 20.8 Å². The molecule has 0 bridgehead atoms. The molecule has 2 N–H and O–H groups in total. The summed E-state index contributed by atoms with van der Waals surface area (Å²) in [6.45, 7) is 0.755. The molecule has 15 heavy (non-hydrogen) atoms. The maximum atomic E-state index is 5.65. The molecule has 0 amide bonds. The van der Waals surface area contributed by atoms with E-state index in [1.54, 1.807) is 14.2 Å². The van der Waals surface area contributed by atoms with Crippen LogP contribution in [0.2, 0.25) is 0 Å². The van der Waals surface area contributed by atoms with Gasteiger partial charge in [-0.05, 0) is 30.9 Å². The van der Waals surface area contributed by atoms with E-state index >= 15 is 0 Å². The molecule has 3 heteroatoms. The first kappa shape index (κ1) is 10.3. The molecule has 1 aromatic rings. The number of rotatable bonds is 4. The Morgan fingerprint density at radius 1 is 1.33 bits per heavy atom. The summed E-state index contributed by atoms with van der Waals surface area (Å²) in [5.41, 5.74) is 6.88. The molecule has 0 spiro atoms. The Morgan fingerprint density at radius 3 is 2.67 bits per heavy atom. The molecule has 0 heterocycles.